The number of halogens is 1. The van der Waals surface area contributed by atoms with Crippen molar-refractivity contribution in [3.05, 3.63) is 65.5 Å². The molecule has 1 N–H and O–H groups in total. The molecule has 2 aromatic rings. The molecule has 5 heteroatoms. The van der Waals surface area contributed by atoms with E-state index < -0.39 is 12.0 Å². The Kier molecular flexibility index (Phi) is 4.81. The van der Waals surface area contributed by atoms with Gasteiger partial charge in [-0.15, -0.1) is 0 Å². The van der Waals surface area contributed by atoms with Gasteiger partial charge in [-0.25, -0.2) is 4.39 Å². The fourth-order valence-corrected chi connectivity index (χ4v) is 3.43. The number of rotatable bonds is 5. The molecule has 24 heavy (non-hydrogen) atoms. The molecule has 0 bridgehead atoms. The molecule has 1 heterocycles. The first-order chi connectivity index (χ1) is 11.6. The van der Waals surface area contributed by atoms with Crippen LogP contribution in [0.3, 0.4) is 0 Å². The highest BCUT2D eigenvalue weighted by Crippen LogP contribution is 2.36. The lowest BCUT2D eigenvalue weighted by Gasteiger charge is -2.32. The summed E-state index contributed by atoms with van der Waals surface area (Å²) in [6.07, 6.45) is 1.41. The second-order valence-corrected chi connectivity index (χ2v) is 5.97. The number of nitrogens with zero attached hydrogens (tertiary/aromatic N) is 1. The molecule has 4 nitrogen and oxygen atoms in total. The molecule has 1 fully saturated rings. The Bertz CT molecular complexity index is 734. The Balaban J connectivity index is 2.08. The van der Waals surface area contributed by atoms with E-state index in [1.54, 1.807) is 13.2 Å². The molecule has 2 unspecified atom stereocenters. The summed E-state index contributed by atoms with van der Waals surface area (Å²) in [5.74, 6) is -0.469. The Labute approximate surface area is 140 Å². The highest BCUT2D eigenvalue weighted by atomic mass is 19.1. The molecule has 0 spiro atoms. The van der Waals surface area contributed by atoms with E-state index >= 15 is 0 Å². The van der Waals surface area contributed by atoms with Crippen LogP contribution in [0, 0.1) is 5.82 Å². The third kappa shape index (κ3) is 3.26. The fraction of sp³-hybridized carbons (Fsp3) is 0.316. The quantitative estimate of drug-likeness (QED) is 0.912. The van der Waals surface area contributed by atoms with E-state index in [0.29, 0.717) is 18.7 Å². The summed E-state index contributed by atoms with van der Waals surface area (Å²) in [5, 5.41) is 9.54. The van der Waals surface area contributed by atoms with E-state index in [9.17, 15) is 14.3 Å². The third-order valence-electron chi connectivity index (χ3n) is 4.48. The number of carboxylic acid groups (broad SMARTS) is 1. The highest BCUT2D eigenvalue weighted by Gasteiger charge is 2.37. The first-order valence-electron chi connectivity index (χ1n) is 7.98. The van der Waals surface area contributed by atoms with Crippen molar-refractivity contribution in [2.45, 2.75) is 24.9 Å². The number of likely N-dealkylation sites (tertiary alicyclic amines) is 1. The Morgan fingerprint density at radius 2 is 1.96 bits per heavy atom. The van der Waals surface area contributed by atoms with Gasteiger partial charge in [0, 0.05) is 6.54 Å². The lowest BCUT2D eigenvalue weighted by atomic mass is 9.96. The van der Waals surface area contributed by atoms with E-state index in [4.69, 9.17) is 4.74 Å². The van der Waals surface area contributed by atoms with Crippen LogP contribution in [-0.4, -0.2) is 35.7 Å². The largest absolute Gasteiger partial charge is 0.497 e. The summed E-state index contributed by atoms with van der Waals surface area (Å²) < 4.78 is 19.1. The molecule has 1 saturated heterocycles. The zero-order chi connectivity index (χ0) is 17.1. The van der Waals surface area contributed by atoms with Crippen molar-refractivity contribution >= 4 is 5.97 Å². The molecule has 1 aliphatic heterocycles. The van der Waals surface area contributed by atoms with Crippen molar-refractivity contribution in [1.29, 1.82) is 0 Å². The zero-order valence-electron chi connectivity index (χ0n) is 13.5. The normalized spacial score (nSPS) is 19.2. The van der Waals surface area contributed by atoms with Gasteiger partial charge in [0.15, 0.2) is 0 Å². The third-order valence-corrected chi connectivity index (χ3v) is 4.48. The molecular weight excluding hydrogens is 309 g/mol. The standard InChI is InChI=1S/C19H20FNO3/c1-24-16-8-3-6-14(12-16)18(13-5-2-7-15(20)11-13)21-10-4-9-17(21)19(22)23/h2-3,5-8,11-12,17-18H,4,9-10H2,1H3,(H,22,23). The van der Waals surface area contributed by atoms with Crippen molar-refractivity contribution < 1.29 is 19.0 Å². The molecular formula is C19H20FNO3. The van der Waals surface area contributed by atoms with Crippen LogP contribution in [0.1, 0.15) is 30.0 Å². The van der Waals surface area contributed by atoms with Crippen molar-refractivity contribution in [3.63, 3.8) is 0 Å². The summed E-state index contributed by atoms with van der Waals surface area (Å²) in [6.45, 7) is 0.662. The number of carbonyl (C=O) groups is 1. The number of hydrogen-bond donors (Lipinski definition) is 1. The predicted molar refractivity (Wildman–Crippen MR) is 88.6 cm³/mol. The molecule has 0 aliphatic carbocycles. The first-order valence-corrected chi connectivity index (χ1v) is 7.98. The predicted octanol–water partition coefficient (Wildman–Crippen LogP) is 3.47. The summed E-state index contributed by atoms with van der Waals surface area (Å²) in [7, 11) is 1.59. The maximum absolute atomic E-state index is 13.8. The number of benzene rings is 2. The molecule has 0 amide bonds. The Hall–Kier alpha value is -2.40. The van der Waals surface area contributed by atoms with Gasteiger partial charge in [-0.05, 0) is 48.2 Å². The molecule has 0 saturated carbocycles. The molecule has 0 aromatic heterocycles. The highest BCUT2D eigenvalue weighted by molar-refractivity contribution is 5.74. The van der Waals surface area contributed by atoms with Gasteiger partial charge in [-0.2, -0.15) is 0 Å². The summed E-state index contributed by atoms with van der Waals surface area (Å²) in [6, 6.07) is 13.0. The minimum Gasteiger partial charge on any atom is -0.497 e. The summed E-state index contributed by atoms with van der Waals surface area (Å²) >= 11 is 0. The topological polar surface area (TPSA) is 49.8 Å². The number of hydrogen-bond acceptors (Lipinski definition) is 3. The van der Waals surface area contributed by atoms with Crippen molar-refractivity contribution in [3.8, 4) is 5.75 Å². The van der Waals surface area contributed by atoms with E-state index in [2.05, 4.69) is 0 Å². The molecule has 126 valence electrons. The van der Waals surface area contributed by atoms with Gasteiger partial charge in [-0.3, -0.25) is 9.69 Å². The second-order valence-electron chi connectivity index (χ2n) is 5.97. The van der Waals surface area contributed by atoms with Gasteiger partial charge in [0.2, 0.25) is 0 Å². The van der Waals surface area contributed by atoms with Crippen molar-refractivity contribution in [1.82, 2.24) is 4.90 Å². The van der Waals surface area contributed by atoms with Crippen LogP contribution in [0.15, 0.2) is 48.5 Å². The molecule has 2 atom stereocenters. The zero-order valence-corrected chi connectivity index (χ0v) is 13.5. The Morgan fingerprint density at radius 1 is 1.25 bits per heavy atom. The van der Waals surface area contributed by atoms with Crippen LogP contribution in [0.25, 0.3) is 0 Å². The summed E-state index contributed by atoms with van der Waals surface area (Å²) in [5.41, 5.74) is 1.64. The first kappa shape index (κ1) is 16.5. The maximum atomic E-state index is 13.8. The smallest absolute Gasteiger partial charge is 0.320 e. The monoisotopic (exact) mass is 329 g/mol. The Morgan fingerprint density at radius 3 is 2.62 bits per heavy atom. The van der Waals surface area contributed by atoms with Crippen LogP contribution >= 0.6 is 0 Å². The number of methoxy groups -OCH3 is 1. The molecule has 1 aliphatic rings. The average molecular weight is 329 g/mol. The van der Waals surface area contributed by atoms with Crippen molar-refractivity contribution in [2.24, 2.45) is 0 Å². The number of aliphatic carboxylic acids is 1. The molecule has 0 radical (unpaired) electrons. The number of carboxylic acids is 1. The lowest BCUT2D eigenvalue weighted by molar-refractivity contribution is -0.142. The summed E-state index contributed by atoms with van der Waals surface area (Å²) in [4.78, 5) is 13.6. The van der Waals surface area contributed by atoms with Crippen LogP contribution in [0.2, 0.25) is 0 Å². The fourth-order valence-electron chi connectivity index (χ4n) is 3.43. The maximum Gasteiger partial charge on any atom is 0.320 e. The van der Waals surface area contributed by atoms with E-state index in [-0.39, 0.29) is 11.9 Å². The van der Waals surface area contributed by atoms with Gasteiger partial charge in [-0.1, -0.05) is 24.3 Å². The van der Waals surface area contributed by atoms with E-state index in [1.807, 2.05) is 35.2 Å². The second kappa shape index (κ2) is 7.01. The van der Waals surface area contributed by atoms with Gasteiger partial charge in [0.1, 0.15) is 17.6 Å². The SMILES string of the molecule is COc1cccc(C(c2cccc(F)c2)N2CCCC2C(=O)O)c1. The van der Waals surface area contributed by atoms with Gasteiger partial charge >= 0.3 is 5.97 Å². The van der Waals surface area contributed by atoms with E-state index in [0.717, 1.165) is 17.5 Å². The van der Waals surface area contributed by atoms with Crippen molar-refractivity contribution in [2.75, 3.05) is 13.7 Å². The number of ether oxygens (including phenoxy) is 1. The van der Waals surface area contributed by atoms with Gasteiger partial charge in [0.05, 0.1) is 13.2 Å². The van der Waals surface area contributed by atoms with Crippen LogP contribution in [0.5, 0.6) is 5.75 Å². The van der Waals surface area contributed by atoms with E-state index in [1.165, 1.54) is 12.1 Å². The van der Waals surface area contributed by atoms with Gasteiger partial charge in [0.25, 0.3) is 0 Å². The van der Waals surface area contributed by atoms with Crippen LogP contribution in [0.4, 0.5) is 4.39 Å². The minimum atomic E-state index is -0.836. The molecule has 2 aromatic carbocycles. The minimum absolute atomic E-state index is 0.320. The lowest BCUT2D eigenvalue weighted by Crippen LogP contribution is -2.39. The van der Waals surface area contributed by atoms with Crippen LogP contribution < -0.4 is 4.74 Å². The average Bonchev–Trinajstić information content (AvgIpc) is 3.05. The van der Waals surface area contributed by atoms with Crippen LogP contribution in [-0.2, 0) is 4.79 Å². The van der Waals surface area contributed by atoms with Gasteiger partial charge < -0.3 is 9.84 Å². The molecule has 3 rings (SSSR count).